The Kier molecular flexibility index (Phi) is 12.6. The number of esters is 2. The molecule has 4 N–H and O–H groups in total. The molecule has 0 atom stereocenters. The second-order valence-electron chi connectivity index (χ2n) is 6.52. The molecule has 2 aromatic carbocycles. The van der Waals surface area contributed by atoms with Gasteiger partial charge in [0.2, 0.25) is 0 Å². The fraction of sp³-hybridized carbons (Fsp3) is 0.167. The van der Waals surface area contributed by atoms with Gasteiger partial charge in [0.25, 0.3) is 0 Å². The van der Waals surface area contributed by atoms with Crippen LogP contribution in [0, 0.1) is 13.8 Å². The highest BCUT2D eigenvalue weighted by Gasteiger charge is 1.98. The molecule has 2 aromatic rings. The fourth-order valence-electron chi connectivity index (χ4n) is 2.05. The number of aromatic hydroxyl groups is 2. The maximum absolute atomic E-state index is 10.2. The van der Waals surface area contributed by atoms with Crippen LogP contribution < -0.4 is 0 Å². The van der Waals surface area contributed by atoms with Crippen molar-refractivity contribution in [3.05, 3.63) is 70.8 Å². The van der Waals surface area contributed by atoms with E-state index in [9.17, 15) is 19.2 Å². The van der Waals surface area contributed by atoms with Crippen molar-refractivity contribution in [1.82, 2.24) is 0 Å². The molecule has 0 bridgehead atoms. The molecule has 9 nitrogen and oxygen atoms in total. The molecular formula is C24H26O9. The highest BCUT2D eigenvalue weighted by atomic mass is 16.6. The van der Waals surface area contributed by atoms with E-state index in [1.54, 1.807) is 6.08 Å². The van der Waals surface area contributed by atoms with Crippen LogP contribution in [0.1, 0.15) is 36.1 Å². The van der Waals surface area contributed by atoms with Crippen LogP contribution in [0.3, 0.4) is 0 Å². The topological polar surface area (TPSA) is 158 Å². The summed E-state index contributed by atoms with van der Waals surface area (Å²) in [7, 11) is 0. The van der Waals surface area contributed by atoms with Crippen LogP contribution in [-0.4, -0.2) is 44.3 Å². The van der Waals surface area contributed by atoms with Gasteiger partial charge in [-0.1, -0.05) is 24.3 Å². The summed E-state index contributed by atoms with van der Waals surface area (Å²) in [4.78, 5) is 40.0. The summed E-state index contributed by atoms with van der Waals surface area (Å²) >= 11 is 0. The van der Waals surface area contributed by atoms with Crippen molar-refractivity contribution >= 4 is 36.0 Å². The van der Waals surface area contributed by atoms with Gasteiger partial charge >= 0.3 is 23.9 Å². The van der Waals surface area contributed by atoms with Gasteiger partial charge in [0, 0.05) is 26.0 Å². The van der Waals surface area contributed by atoms with E-state index < -0.39 is 23.9 Å². The van der Waals surface area contributed by atoms with Gasteiger partial charge < -0.3 is 25.2 Å². The highest BCUT2D eigenvalue weighted by molar-refractivity contribution is 5.86. The predicted octanol–water partition coefficient (Wildman–Crippen LogP) is 3.69. The number of benzene rings is 2. The van der Waals surface area contributed by atoms with Crippen LogP contribution >= 0.6 is 0 Å². The Morgan fingerprint density at radius 2 is 1.15 bits per heavy atom. The van der Waals surface area contributed by atoms with E-state index in [0.29, 0.717) is 5.56 Å². The predicted molar refractivity (Wildman–Crippen MR) is 121 cm³/mol. The van der Waals surface area contributed by atoms with Gasteiger partial charge in [0.05, 0.1) is 0 Å². The molecule has 2 rings (SSSR count). The Balaban J connectivity index is 0.000000490. The number of rotatable bonds is 4. The van der Waals surface area contributed by atoms with Gasteiger partial charge in [0.1, 0.15) is 0 Å². The third-order valence-corrected chi connectivity index (χ3v) is 3.65. The second kappa shape index (κ2) is 14.6. The van der Waals surface area contributed by atoms with Crippen LogP contribution in [0.4, 0.5) is 0 Å². The van der Waals surface area contributed by atoms with Gasteiger partial charge in [-0.3, -0.25) is 9.59 Å². The van der Waals surface area contributed by atoms with Crippen molar-refractivity contribution in [2.75, 3.05) is 0 Å². The van der Waals surface area contributed by atoms with E-state index in [2.05, 4.69) is 4.74 Å². The zero-order valence-electron chi connectivity index (χ0n) is 18.6. The average molecular weight is 458 g/mol. The molecule has 0 amide bonds. The van der Waals surface area contributed by atoms with Gasteiger partial charge in [-0.2, -0.15) is 0 Å². The number of ether oxygens (including phenoxy) is 1. The minimum Gasteiger partial charge on any atom is -0.504 e. The minimum absolute atomic E-state index is 0.229. The van der Waals surface area contributed by atoms with E-state index in [1.165, 1.54) is 49.2 Å². The number of carbonyl (C=O) groups excluding carboxylic acids is 2. The van der Waals surface area contributed by atoms with Gasteiger partial charge in [-0.15, -0.1) is 0 Å². The smallest absolute Gasteiger partial charge is 0.328 e. The maximum Gasteiger partial charge on any atom is 0.328 e. The normalized spacial score (nSPS) is 9.94. The molecule has 0 aliphatic carbocycles. The molecule has 176 valence electrons. The third-order valence-electron chi connectivity index (χ3n) is 3.65. The Bertz CT molecular complexity index is 966. The number of carbonyl (C=O) groups is 4. The monoisotopic (exact) mass is 458 g/mol. The Hall–Kier alpha value is -4.40. The summed E-state index contributed by atoms with van der Waals surface area (Å²) in [6, 6.07) is 9.91. The summed E-state index contributed by atoms with van der Waals surface area (Å²) in [5.41, 5.74) is 3.82. The summed E-state index contributed by atoms with van der Waals surface area (Å²) in [5.74, 6) is -3.61. The summed E-state index contributed by atoms with van der Waals surface area (Å²) in [5, 5.41) is 34.7. The molecule has 0 saturated heterocycles. The van der Waals surface area contributed by atoms with Crippen LogP contribution in [0.15, 0.2) is 48.6 Å². The zero-order valence-corrected chi connectivity index (χ0v) is 18.6. The Morgan fingerprint density at radius 1 is 0.697 bits per heavy atom. The van der Waals surface area contributed by atoms with Gasteiger partial charge in [-0.25, -0.2) is 9.59 Å². The number of aryl methyl sites for hydroxylation is 2. The van der Waals surface area contributed by atoms with Gasteiger partial charge in [0.15, 0.2) is 11.5 Å². The van der Waals surface area contributed by atoms with Crippen molar-refractivity contribution in [2.24, 2.45) is 0 Å². The van der Waals surface area contributed by atoms with Crippen molar-refractivity contribution in [3.8, 4) is 11.5 Å². The number of hydrogen-bond acceptors (Lipinski definition) is 7. The van der Waals surface area contributed by atoms with Crippen molar-refractivity contribution < 1.29 is 44.3 Å². The molecule has 33 heavy (non-hydrogen) atoms. The number of phenolic OH excluding ortho intramolecular Hbond substituents is 2. The standard InChI is InChI=1S/C11H12O2.C9H8O4.C4H6O3/c1-8-3-4-10(7-9(8)2)5-6-11(12)13;10-7-3-1-6(5-8(7)11)2-4-9(12)13;1-3(5)7-4(2)6/h3-7H,1-2H3,(H,12,13);1-5,10-11H,(H,12,13);1-2H3/b6-5+;4-2+;. The van der Waals surface area contributed by atoms with Gasteiger partial charge in [-0.05, 0) is 60.4 Å². The number of hydrogen-bond donors (Lipinski definition) is 4. The molecule has 0 aromatic heterocycles. The first-order valence-corrected chi connectivity index (χ1v) is 9.42. The number of carboxylic acid groups (broad SMARTS) is 2. The molecule has 0 unspecified atom stereocenters. The lowest BCUT2D eigenvalue weighted by Gasteiger charge is -1.99. The van der Waals surface area contributed by atoms with Crippen molar-refractivity contribution in [1.29, 1.82) is 0 Å². The number of carboxylic acids is 2. The van der Waals surface area contributed by atoms with Crippen LogP contribution in [0.2, 0.25) is 0 Å². The highest BCUT2D eigenvalue weighted by Crippen LogP contribution is 2.25. The molecule has 0 radical (unpaired) electrons. The summed E-state index contributed by atoms with van der Waals surface area (Å²) < 4.78 is 3.97. The third kappa shape index (κ3) is 14.3. The lowest BCUT2D eigenvalue weighted by Crippen LogP contribution is -2.03. The summed E-state index contributed by atoms with van der Waals surface area (Å²) in [6.07, 6.45) is 5.01. The number of phenols is 2. The van der Waals surface area contributed by atoms with Crippen LogP contribution in [0.5, 0.6) is 11.5 Å². The maximum atomic E-state index is 10.2. The van der Waals surface area contributed by atoms with E-state index in [1.807, 2.05) is 32.0 Å². The molecule has 0 aliphatic heterocycles. The first-order valence-electron chi connectivity index (χ1n) is 9.42. The molecule has 0 heterocycles. The van der Waals surface area contributed by atoms with E-state index in [4.69, 9.17) is 20.4 Å². The minimum atomic E-state index is -1.06. The Morgan fingerprint density at radius 3 is 1.52 bits per heavy atom. The zero-order chi connectivity index (χ0) is 25.6. The molecule has 0 fully saturated rings. The van der Waals surface area contributed by atoms with Crippen molar-refractivity contribution in [2.45, 2.75) is 27.7 Å². The second-order valence-corrected chi connectivity index (χ2v) is 6.52. The SMILES string of the molecule is CC(=O)OC(C)=O.Cc1ccc(/C=C/C(=O)O)cc1C.O=C(O)/C=C/c1ccc(O)c(O)c1. The first kappa shape index (κ1) is 28.6. The van der Waals surface area contributed by atoms with Crippen LogP contribution in [0.25, 0.3) is 12.2 Å². The fourth-order valence-corrected chi connectivity index (χ4v) is 2.05. The lowest BCUT2D eigenvalue weighted by molar-refractivity contribution is -0.156. The van der Waals surface area contributed by atoms with Crippen molar-refractivity contribution in [3.63, 3.8) is 0 Å². The quantitative estimate of drug-likeness (QED) is 0.232. The first-order chi connectivity index (χ1) is 15.3. The van der Waals surface area contributed by atoms with E-state index in [0.717, 1.165) is 17.7 Å². The largest absolute Gasteiger partial charge is 0.504 e. The summed E-state index contributed by atoms with van der Waals surface area (Å²) in [6.45, 7) is 6.40. The average Bonchev–Trinajstić information content (AvgIpc) is 2.69. The van der Waals surface area contributed by atoms with E-state index in [-0.39, 0.29) is 11.5 Å². The lowest BCUT2D eigenvalue weighted by atomic mass is 10.1. The number of aliphatic carboxylic acids is 2. The molecule has 0 spiro atoms. The van der Waals surface area contributed by atoms with Crippen LogP contribution in [-0.2, 0) is 23.9 Å². The Labute approximate surface area is 190 Å². The molecule has 9 heteroatoms. The van der Waals surface area contributed by atoms with E-state index >= 15 is 0 Å². The molecule has 0 saturated carbocycles. The molecule has 0 aliphatic rings. The molecular weight excluding hydrogens is 432 g/mol.